The Morgan fingerprint density at radius 3 is 2.53 bits per heavy atom. The van der Waals surface area contributed by atoms with E-state index < -0.39 is 24.3 Å². The van der Waals surface area contributed by atoms with Crippen molar-refractivity contribution in [1.29, 1.82) is 0 Å². The molecule has 0 radical (unpaired) electrons. The van der Waals surface area contributed by atoms with E-state index in [-0.39, 0.29) is 36.1 Å². The molecule has 43 heavy (non-hydrogen) atoms. The first kappa shape index (κ1) is 28.8. The van der Waals surface area contributed by atoms with E-state index in [1.165, 1.54) is 17.0 Å². The molecule has 2 aliphatic rings. The molecule has 222 valence electrons. The maximum absolute atomic E-state index is 14.5. The highest BCUT2D eigenvalue weighted by Crippen LogP contribution is 2.37. The van der Waals surface area contributed by atoms with Gasteiger partial charge in [0.05, 0.1) is 17.3 Å². The Morgan fingerprint density at radius 1 is 1.05 bits per heavy atom. The fourth-order valence-corrected chi connectivity index (χ4v) is 5.78. The molecule has 1 aromatic heterocycles. The summed E-state index contributed by atoms with van der Waals surface area (Å²) in [5, 5.41) is 2.56. The molecule has 0 spiro atoms. The van der Waals surface area contributed by atoms with Crippen molar-refractivity contribution in [1.82, 2.24) is 19.8 Å². The lowest BCUT2D eigenvalue weighted by molar-refractivity contribution is -0.120. The summed E-state index contributed by atoms with van der Waals surface area (Å²) in [7, 11) is 1.78. The minimum absolute atomic E-state index is 0.0880. The number of halogens is 4. The lowest BCUT2D eigenvalue weighted by Crippen LogP contribution is -2.50. The number of carbonyl (C=O) groups is 2. The molecule has 8 nitrogen and oxygen atoms in total. The van der Waals surface area contributed by atoms with Gasteiger partial charge in [-0.1, -0.05) is 41.9 Å². The number of rotatable bonds is 8. The van der Waals surface area contributed by atoms with Crippen LogP contribution in [-0.4, -0.2) is 39.4 Å². The molecule has 0 saturated carbocycles. The first-order valence-corrected chi connectivity index (χ1v) is 14.0. The number of hydrogen-bond donors (Lipinski definition) is 1. The number of amides is 3. The SMILES string of the molecule is Cn1c(N2CCC(=O)NC2=O)cnc1-c1ccc2c(c1)CN(C(c1ccc(OCc3c(F)cccc3Cl)cc1)C(F)F)C2. The molecule has 1 unspecified atom stereocenters. The number of nitrogens with zero attached hydrogens (tertiary/aromatic N) is 4. The molecular weight excluding hydrogens is 583 g/mol. The number of imidazole rings is 1. The van der Waals surface area contributed by atoms with Gasteiger partial charge in [0.1, 0.15) is 29.8 Å². The number of nitrogens with one attached hydrogen (secondary N) is 1. The van der Waals surface area contributed by atoms with Gasteiger partial charge in [-0.25, -0.2) is 22.9 Å². The van der Waals surface area contributed by atoms with Gasteiger partial charge >= 0.3 is 6.03 Å². The van der Waals surface area contributed by atoms with Gasteiger partial charge in [-0.2, -0.15) is 0 Å². The summed E-state index contributed by atoms with van der Waals surface area (Å²) in [5.74, 6) is 0.772. The number of alkyl halides is 2. The van der Waals surface area contributed by atoms with Crippen LogP contribution in [0, 0.1) is 5.82 Å². The quantitative estimate of drug-likeness (QED) is 0.256. The van der Waals surface area contributed by atoms with Crippen LogP contribution >= 0.6 is 11.6 Å². The van der Waals surface area contributed by atoms with Gasteiger partial charge in [-0.05, 0) is 47.0 Å². The third-order valence-electron chi connectivity index (χ3n) is 7.80. The van der Waals surface area contributed by atoms with Crippen LogP contribution in [0.1, 0.15) is 34.7 Å². The van der Waals surface area contributed by atoms with Crippen molar-refractivity contribution in [2.75, 3.05) is 11.4 Å². The van der Waals surface area contributed by atoms with Crippen LogP contribution in [0.2, 0.25) is 5.02 Å². The van der Waals surface area contributed by atoms with Crippen molar-refractivity contribution in [3.63, 3.8) is 0 Å². The molecule has 1 atom stereocenters. The number of benzene rings is 3. The monoisotopic (exact) mass is 609 g/mol. The van der Waals surface area contributed by atoms with Crippen molar-refractivity contribution in [2.45, 2.75) is 38.6 Å². The van der Waals surface area contributed by atoms with Crippen molar-refractivity contribution in [3.05, 3.63) is 100.0 Å². The van der Waals surface area contributed by atoms with Gasteiger partial charge in [-0.15, -0.1) is 0 Å². The molecule has 4 aromatic rings. The summed E-state index contributed by atoms with van der Waals surface area (Å²) in [6, 6.07) is 14.9. The average molecular weight is 610 g/mol. The topological polar surface area (TPSA) is 79.7 Å². The molecule has 3 aromatic carbocycles. The Bertz CT molecular complexity index is 1670. The van der Waals surface area contributed by atoms with E-state index in [1.807, 2.05) is 18.2 Å². The number of carbonyl (C=O) groups excluding carboxylic acids is 2. The minimum Gasteiger partial charge on any atom is -0.489 e. The minimum atomic E-state index is -2.64. The molecule has 3 heterocycles. The summed E-state index contributed by atoms with van der Waals surface area (Å²) in [6.07, 6.45) is -0.864. The van der Waals surface area contributed by atoms with Crippen LogP contribution < -0.4 is 15.0 Å². The van der Waals surface area contributed by atoms with Crippen molar-refractivity contribution in [2.24, 2.45) is 7.05 Å². The third kappa shape index (κ3) is 5.70. The third-order valence-corrected chi connectivity index (χ3v) is 8.16. The number of aromatic nitrogens is 2. The normalized spacial score (nSPS) is 16.0. The van der Waals surface area contributed by atoms with Crippen molar-refractivity contribution >= 4 is 29.4 Å². The fraction of sp³-hybridized carbons (Fsp3) is 0.258. The number of hydrogen-bond acceptors (Lipinski definition) is 5. The largest absolute Gasteiger partial charge is 0.489 e. The van der Waals surface area contributed by atoms with Crippen LogP contribution in [0.15, 0.2) is 66.9 Å². The number of urea groups is 1. The highest BCUT2D eigenvalue weighted by Gasteiger charge is 2.34. The number of anilines is 1. The number of fused-ring (bicyclic) bond motifs is 1. The van der Waals surface area contributed by atoms with E-state index in [4.69, 9.17) is 16.3 Å². The fourth-order valence-electron chi connectivity index (χ4n) is 5.56. The summed E-state index contributed by atoms with van der Waals surface area (Å²) < 4.78 is 50.4. The molecule has 6 rings (SSSR count). The number of imide groups is 1. The smallest absolute Gasteiger partial charge is 0.329 e. The zero-order valence-electron chi connectivity index (χ0n) is 23.1. The van der Waals surface area contributed by atoms with E-state index in [1.54, 1.807) is 53.0 Å². The summed E-state index contributed by atoms with van der Waals surface area (Å²) >= 11 is 6.06. The number of ether oxygens (including phenoxy) is 1. The maximum Gasteiger partial charge on any atom is 0.329 e. The van der Waals surface area contributed by atoms with Crippen LogP contribution in [0.5, 0.6) is 5.75 Å². The van der Waals surface area contributed by atoms with E-state index in [0.717, 1.165) is 16.7 Å². The summed E-state index contributed by atoms with van der Waals surface area (Å²) in [4.78, 5) is 31.6. The second kappa shape index (κ2) is 11.7. The maximum atomic E-state index is 14.5. The molecule has 1 saturated heterocycles. The predicted octanol–water partition coefficient (Wildman–Crippen LogP) is 6.23. The van der Waals surface area contributed by atoms with Crippen LogP contribution in [0.3, 0.4) is 0 Å². The Balaban J connectivity index is 1.16. The van der Waals surface area contributed by atoms with Crippen LogP contribution in [-0.2, 0) is 31.5 Å². The summed E-state index contributed by atoms with van der Waals surface area (Å²) in [6.45, 7) is 0.832. The van der Waals surface area contributed by atoms with Gasteiger partial charge < -0.3 is 9.30 Å². The van der Waals surface area contributed by atoms with E-state index in [9.17, 15) is 22.8 Å². The lowest BCUT2D eigenvalue weighted by Gasteiger charge is -2.27. The molecule has 1 N–H and O–H groups in total. The van der Waals surface area contributed by atoms with Gasteiger partial charge in [0.15, 0.2) is 0 Å². The van der Waals surface area contributed by atoms with Crippen molar-refractivity contribution < 1.29 is 27.5 Å². The Labute approximate surface area is 250 Å². The highest BCUT2D eigenvalue weighted by molar-refractivity contribution is 6.31. The first-order valence-electron chi connectivity index (χ1n) is 13.6. The second-order valence-electron chi connectivity index (χ2n) is 10.5. The molecule has 2 aliphatic heterocycles. The average Bonchev–Trinajstić information content (AvgIpc) is 3.56. The molecular formula is C31H27ClF3N5O3. The molecule has 3 amide bonds. The van der Waals surface area contributed by atoms with E-state index in [2.05, 4.69) is 10.3 Å². The van der Waals surface area contributed by atoms with E-state index in [0.29, 0.717) is 36.0 Å². The molecule has 12 heteroatoms. The standard InChI is InChI=1S/C31H27ClF3N5O3/c1-38-27(40-12-11-26(41)37-31(40)42)14-36-30(38)19-5-6-20-15-39(16-21(20)13-19)28(29(34)35)18-7-9-22(10-8-18)43-17-23-24(32)3-2-4-25(23)33/h2-10,13-14,28-29H,11-12,15-17H2,1H3,(H,37,41,42). The zero-order chi connectivity index (χ0) is 30.2. The van der Waals surface area contributed by atoms with Crippen LogP contribution in [0.25, 0.3) is 11.4 Å². The van der Waals surface area contributed by atoms with Gasteiger partial charge in [0.2, 0.25) is 5.91 Å². The van der Waals surface area contributed by atoms with Crippen LogP contribution in [0.4, 0.5) is 23.8 Å². The predicted molar refractivity (Wildman–Crippen MR) is 154 cm³/mol. The Kier molecular flexibility index (Phi) is 7.85. The zero-order valence-corrected chi connectivity index (χ0v) is 23.8. The Morgan fingerprint density at radius 2 is 1.81 bits per heavy atom. The van der Waals surface area contributed by atoms with Crippen molar-refractivity contribution in [3.8, 4) is 17.1 Å². The highest BCUT2D eigenvalue weighted by atomic mass is 35.5. The molecule has 1 fully saturated rings. The van der Waals surface area contributed by atoms with Gasteiger partial charge in [0, 0.05) is 44.2 Å². The first-order chi connectivity index (χ1) is 20.7. The summed E-state index contributed by atoms with van der Waals surface area (Å²) in [5.41, 5.74) is 3.30. The molecule has 0 aliphatic carbocycles. The second-order valence-corrected chi connectivity index (χ2v) is 10.9. The lowest BCUT2D eigenvalue weighted by atomic mass is 10.1. The Hall–Kier alpha value is -4.35. The van der Waals surface area contributed by atoms with Gasteiger partial charge in [0.25, 0.3) is 6.43 Å². The van der Waals surface area contributed by atoms with Gasteiger partial charge in [-0.3, -0.25) is 19.9 Å². The molecule has 0 bridgehead atoms. The van der Waals surface area contributed by atoms with E-state index >= 15 is 0 Å².